The van der Waals surface area contributed by atoms with E-state index in [9.17, 15) is 9.18 Å². The van der Waals surface area contributed by atoms with Crippen LogP contribution in [0.15, 0.2) is 36.4 Å². The average molecular weight is 249 g/mol. The fourth-order valence-electron chi connectivity index (χ4n) is 1.64. The number of benzene rings is 1. The SMILES string of the molecule is CCN(c1ccc(F)cc1)c1ccc(C=O)s1. The highest BCUT2D eigenvalue weighted by Crippen LogP contribution is 2.31. The smallest absolute Gasteiger partial charge is 0.160 e. The molecule has 1 aromatic heterocycles. The molecule has 88 valence electrons. The van der Waals surface area contributed by atoms with Crippen molar-refractivity contribution in [1.29, 1.82) is 0 Å². The summed E-state index contributed by atoms with van der Waals surface area (Å²) < 4.78 is 12.9. The lowest BCUT2D eigenvalue weighted by molar-refractivity contribution is 0.112. The van der Waals surface area contributed by atoms with Gasteiger partial charge in [0.2, 0.25) is 0 Å². The third-order valence-corrected chi connectivity index (χ3v) is 3.48. The molecule has 0 spiro atoms. The molecule has 0 radical (unpaired) electrons. The van der Waals surface area contributed by atoms with Crippen LogP contribution in [0.2, 0.25) is 0 Å². The molecule has 17 heavy (non-hydrogen) atoms. The minimum atomic E-state index is -0.246. The predicted molar refractivity (Wildman–Crippen MR) is 68.8 cm³/mol. The van der Waals surface area contributed by atoms with Crippen LogP contribution in [0.3, 0.4) is 0 Å². The Labute approximate surface area is 103 Å². The number of nitrogens with zero attached hydrogens (tertiary/aromatic N) is 1. The van der Waals surface area contributed by atoms with Crippen LogP contribution in [0.5, 0.6) is 0 Å². The van der Waals surface area contributed by atoms with E-state index in [0.29, 0.717) is 4.88 Å². The second kappa shape index (κ2) is 5.10. The summed E-state index contributed by atoms with van der Waals surface area (Å²) >= 11 is 1.43. The van der Waals surface area contributed by atoms with E-state index in [2.05, 4.69) is 0 Å². The molecule has 1 heterocycles. The number of halogens is 1. The van der Waals surface area contributed by atoms with Crippen molar-refractivity contribution in [3.8, 4) is 0 Å². The lowest BCUT2D eigenvalue weighted by atomic mass is 10.3. The number of hydrogen-bond donors (Lipinski definition) is 0. The first-order chi connectivity index (χ1) is 8.24. The van der Waals surface area contributed by atoms with Crippen molar-refractivity contribution in [3.63, 3.8) is 0 Å². The summed E-state index contributed by atoms with van der Waals surface area (Å²) in [7, 11) is 0. The molecule has 0 N–H and O–H groups in total. The Bertz CT molecular complexity index is 506. The van der Waals surface area contributed by atoms with Crippen LogP contribution in [-0.4, -0.2) is 12.8 Å². The fourth-order valence-corrected chi connectivity index (χ4v) is 2.54. The third-order valence-electron chi connectivity index (χ3n) is 2.45. The molecule has 2 aromatic rings. The van der Waals surface area contributed by atoms with Crippen molar-refractivity contribution in [2.45, 2.75) is 6.92 Å². The van der Waals surface area contributed by atoms with Gasteiger partial charge in [-0.15, -0.1) is 11.3 Å². The van der Waals surface area contributed by atoms with Gasteiger partial charge in [0.05, 0.1) is 9.88 Å². The Balaban J connectivity index is 2.32. The van der Waals surface area contributed by atoms with Crippen LogP contribution in [0.4, 0.5) is 15.1 Å². The minimum absolute atomic E-state index is 0.246. The van der Waals surface area contributed by atoms with Crippen molar-refractivity contribution in [2.24, 2.45) is 0 Å². The molecule has 0 amide bonds. The van der Waals surface area contributed by atoms with Crippen LogP contribution in [0.25, 0.3) is 0 Å². The Morgan fingerprint density at radius 1 is 1.24 bits per heavy atom. The van der Waals surface area contributed by atoms with Gasteiger partial charge in [-0.3, -0.25) is 4.79 Å². The molecule has 0 atom stereocenters. The van der Waals surface area contributed by atoms with Gasteiger partial charge in [-0.1, -0.05) is 0 Å². The number of carbonyl (C=O) groups is 1. The number of thiophene rings is 1. The number of hydrogen-bond acceptors (Lipinski definition) is 3. The first-order valence-electron chi connectivity index (χ1n) is 5.32. The van der Waals surface area contributed by atoms with Gasteiger partial charge < -0.3 is 4.90 Å². The van der Waals surface area contributed by atoms with Crippen molar-refractivity contribution in [2.75, 3.05) is 11.4 Å². The van der Waals surface area contributed by atoms with E-state index < -0.39 is 0 Å². The standard InChI is InChI=1S/C13H12FNOS/c1-2-15(11-5-3-10(14)4-6-11)13-8-7-12(9-16)17-13/h3-9H,2H2,1H3. The van der Waals surface area contributed by atoms with Crippen LogP contribution in [0, 0.1) is 5.82 Å². The average Bonchev–Trinajstić information content (AvgIpc) is 2.81. The molecular formula is C13H12FNOS. The zero-order valence-electron chi connectivity index (χ0n) is 9.39. The third kappa shape index (κ3) is 2.53. The predicted octanol–water partition coefficient (Wildman–Crippen LogP) is 3.86. The maximum absolute atomic E-state index is 12.9. The van der Waals surface area contributed by atoms with E-state index in [-0.39, 0.29) is 5.82 Å². The normalized spacial score (nSPS) is 10.2. The van der Waals surface area contributed by atoms with Gasteiger partial charge in [0, 0.05) is 12.2 Å². The highest BCUT2D eigenvalue weighted by molar-refractivity contribution is 7.17. The summed E-state index contributed by atoms with van der Waals surface area (Å²) in [4.78, 5) is 13.4. The van der Waals surface area contributed by atoms with Crippen molar-refractivity contribution in [1.82, 2.24) is 0 Å². The van der Waals surface area contributed by atoms with Gasteiger partial charge in [0.15, 0.2) is 6.29 Å². The van der Waals surface area contributed by atoms with Crippen LogP contribution in [-0.2, 0) is 0 Å². The number of aldehydes is 1. The maximum atomic E-state index is 12.9. The molecule has 0 bridgehead atoms. The van der Waals surface area contributed by atoms with Gasteiger partial charge in [-0.05, 0) is 43.3 Å². The molecular weight excluding hydrogens is 237 g/mol. The molecule has 0 aliphatic heterocycles. The highest BCUT2D eigenvalue weighted by atomic mass is 32.1. The Morgan fingerprint density at radius 2 is 1.94 bits per heavy atom. The van der Waals surface area contributed by atoms with E-state index in [0.717, 1.165) is 23.5 Å². The maximum Gasteiger partial charge on any atom is 0.160 e. The molecule has 4 heteroatoms. The summed E-state index contributed by atoms with van der Waals surface area (Å²) in [6, 6.07) is 10.0. The van der Waals surface area contributed by atoms with Crippen molar-refractivity contribution >= 4 is 28.3 Å². The quantitative estimate of drug-likeness (QED) is 0.767. The van der Waals surface area contributed by atoms with Gasteiger partial charge >= 0.3 is 0 Å². The van der Waals surface area contributed by atoms with Crippen molar-refractivity contribution < 1.29 is 9.18 Å². The highest BCUT2D eigenvalue weighted by Gasteiger charge is 2.09. The van der Waals surface area contributed by atoms with Gasteiger partial charge in [0.25, 0.3) is 0 Å². The Morgan fingerprint density at radius 3 is 2.47 bits per heavy atom. The topological polar surface area (TPSA) is 20.3 Å². The fraction of sp³-hybridized carbons (Fsp3) is 0.154. The summed E-state index contributed by atoms with van der Waals surface area (Å²) in [6.45, 7) is 2.79. The molecule has 0 saturated heterocycles. The van der Waals surface area contributed by atoms with E-state index in [1.807, 2.05) is 17.9 Å². The molecule has 1 aromatic carbocycles. The van der Waals surface area contributed by atoms with Crippen LogP contribution < -0.4 is 4.90 Å². The second-order valence-corrected chi connectivity index (χ2v) is 4.61. The van der Waals surface area contributed by atoms with Gasteiger partial charge in [-0.2, -0.15) is 0 Å². The Hall–Kier alpha value is -1.68. The first-order valence-corrected chi connectivity index (χ1v) is 6.14. The Kier molecular flexibility index (Phi) is 3.54. The molecule has 0 aliphatic carbocycles. The van der Waals surface area contributed by atoms with Crippen LogP contribution >= 0.6 is 11.3 Å². The molecule has 2 nitrogen and oxygen atoms in total. The zero-order valence-corrected chi connectivity index (χ0v) is 10.2. The number of anilines is 2. The molecule has 0 saturated carbocycles. The van der Waals surface area contributed by atoms with Crippen LogP contribution in [0.1, 0.15) is 16.6 Å². The monoisotopic (exact) mass is 249 g/mol. The van der Waals surface area contributed by atoms with E-state index in [1.54, 1.807) is 18.2 Å². The number of carbonyl (C=O) groups excluding carboxylic acids is 1. The van der Waals surface area contributed by atoms with E-state index in [4.69, 9.17) is 0 Å². The molecule has 0 aliphatic rings. The summed E-state index contributed by atoms with van der Waals surface area (Å²) in [5, 5.41) is 0.987. The largest absolute Gasteiger partial charge is 0.334 e. The lowest BCUT2D eigenvalue weighted by Gasteiger charge is -2.21. The number of rotatable bonds is 4. The lowest BCUT2D eigenvalue weighted by Crippen LogP contribution is -2.14. The summed E-state index contributed by atoms with van der Waals surface area (Å²) in [5.41, 5.74) is 0.924. The van der Waals surface area contributed by atoms with E-state index in [1.165, 1.54) is 23.5 Å². The molecule has 0 fully saturated rings. The summed E-state index contributed by atoms with van der Waals surface area (Å²) in [5.74, 6) is -0.246. The molecule has 2 rings (SSSR count). The minimum Gasteiger partial charge on any atom is -0.334 e. The van der Waals surface area contributed by atoms with Crippen molar-refractivity contribution in [3.05, 3.63) is 47.1 Å². The van der Waals surface area contributed by atoms with Gasteiger partial charge in [0.1, 0.15) is 5.82 Å². The van der Waals surface area contributed by atoms with Gasteiger partial charge in [-0.25, -0.2) is 4.39 Å². The molecule has 0 unspecified atom stereocenters. The zero-order chi connectivity index (χ0) is 12.3. The van der Waals surface area contributed by atoms with E-state index >= 15 is 0 Å². The summed E-state index contributed by atoms with van der Waals surface area (Å²) in [6.07, 6.45) is 0.840. The second-order valence-electron chi connectivity index (χ2n) is 3.51. The first kappa shape index (κ1) is 11.8.